The number of rotatable bonds is 4. The SMILES string of the molecule is O=C(Cn1cnc2scc(-c3ccc(F)cc3)c2c1=O)Nc1cc2c(cc1Cl)OCCO2. The molecule has 3 heterocycles. The van der Waals surface area contributed by atoms with Gasteiger partial charge in [-0.25, -0.2) is 9.37 Å². The van der Waals surface area contributed by atoms with Crippen molar-refractivity contribution < 1.29 is 18.7 Å². The van der Waals surface area contributed by atoms with E-state index in [2.05, 4.69) is 10.3 Å². The van der Waals surface area contributed by atoms with E-state index in [0.29, 0.717) is 56.8 Å². The van der Waals surface area contributed by atoms with Crippen LogP contribution < -0.4 is 20.3 Å². The van der Waals surface area contributed by atoms with Crippen LogP contribution in [0.4, 0.5) is 10.1 Å². The Hall–Kier alpha value is -3.43. The van der Waals surface area contributed by atoms with Crippen LogP contribution in [0.15, 0.2) is 52.9 Å². The Balaban J connectivity index is 1.42. The van der Waals surface area contributed by atoms with Crippen molar-refractivity contribution in [2.45, 2.75) is 6.54 Å². The second-order valence-corrected chi connectivity index (χ2v) is 8.30. The molecule has 10 heteroatoms. The third-order valence-corrected chi connectivity index (χ3v) is 6.13. The number of carbonyl (C=O) groups is 1. The molecule has 0 atom stereocenters. The van der Waals surface area contributed by atoms with E-state index in [4.69, 9.17) is 21.1 Å². The summed E-state index contributed by atoms with van der Waals surface area (Å²) in [5.74, 6) is 0.179. The number of amides is 1. The van der Waals surface area contributed by atoms with Crippen LogP contribution in [0.25, 0.3) is 21.3 Å². The van der Waals surface area contributed by atoms with Crippen molar-refractivity contribution in [3.05, 3.63) is 69.3 Å². The third kappa shape index (κ3) is 3.80. The molecule has 1 aliphatic rings. The lowest BCUT2D eigenvalue weighted by atomic mass is 10.1. The zero-order valence-electron chi connectivity index (χ0n) is 16.4. The highest BCUT2D eigenvalue weighted by atomic mass is 35.5. The van der Waals surface area contributed by atoms with Crippen molar-refractivity contribution >= 4 is 44.7 Å². The molecular formula is C22H15ClFN3O4S. The van der Waals surface area contributed by atoms with Crippen LogP contribution >= 0.6 is 22.9 Å². The predicted molar refractivity (Wildman–Crippen MR) is 120 cm³/mol. The fourth-order valence-electron chi connectivity index (χ4n) is 3.43. The lowest BCUT2D eigenvalue weighted by Crippen LogP contribution is -2.28. The summed E-state index contributed by atoms with van der Waals surface area (Å²) in [5, 5.41) is 5.17. The maximum Gasteiger partial charge on any atom is 0.263 e. The maximum absolute atomic E-state index is 13.3. The smallest absolute Gasteiger partial charge is 0.263 e. The van der Waals surface area contributed by atoms with Gasteiger partial charge in [0.05, 0.1) is 22.4 Å². The Bertz CT molecular complexity index is 1400. The molecule has 0 saturated carbocycles. The second-order valence-electron chi connectivity index (χ2n) is 7.04. The molecule has 0 bridgehead atoms. The molecule has 7 nitrogen and oxygen atoms in total. The number of fused-ring (bicyclic) bond motifs is 2. The lowest BCUT2D eigenvalue weighted by molar-refractivity contribution is -0.116. The number of anilines is 1. The van der Waals surface area contributed by atoms with Gasteiger partial charge in [-0.15, -0.1) is 11.3 Å². The molecule has 5 rings (SSSR count). The van der Waals surface area contributed by atoms with Crippen molar-refractivity contribution in [2.75, 3.05) is 18.5 Å². The van der Waals surface area contributed by atoms with Crippen molar-refractivity contribution in [1.29, 1.82) is 0 Å². The summed E-state index contributed by atoms with van der Waals surface area (Å²) >= 11 is 7.56. The third-order valence-electron chi connectivity index (χ3n) is 4.94. The molecule has 162 valence electrons. The minimum atomic E-state index is -0.453. The summed E-state index contributed by atoms with van der Waals surface area (Å²) in [6.45, 7) is 0.571. The van der Waals surface area contributed by atoms with Crippen LogP contribution in [0.3, 0.4) is 0 Å². The average Bonchev–Trinajstić information content (AvgIpc) is 3.22. The van der Waals surface area contributed by atoms with Crippen LogP contribution in [0.5, 0.6) is 11.5 Å². The monoisotopic (exact) mass is 471 g/mol. The van der Waals surface area contributed by atoms with E-state index in [1.165, 1.54) is 34.4 Å². The number of carbonyl (C=O) groups excluding carboxylic acids is 1. The van der Waals surface area contributed by atoms with Crippen molar-refractivity contribution in [3.63, 3.8) is 0 Å². The van der Waals surface area contributed by atoms with E-state index < -0.39 is 5.91 Å². The van der Waals surface area contributed by atoms with Crippen LogP contribution in [0.2, 0.25) is 5.02 Å². The summed E-state index contributed by atoms with van der Waals surface area (Å²) in [4.78, 5) is 30.6. The van der Waals surface area contributed by atoms with Crippen molar-refractivity contribution in [2.24, 2.45) is 0 Å². The second kappa shape index (κ2) is 8.25. The average molecular weight is 472 g/mol. The molecule has 0 radical (unpaired) electrons. The van der Waals surface area contributed by atoms with Crippen LogP contribution in [0, 0.1) is 5.82 Å². The first kappa shape index (κ1) is 20.5. The highest BCUT2D eigenvalue weighted by Gasteiger charge is 2.18. The van der Waals surface area contributed by atoms with Gasteiger partial charge >= 0.3 is 0 Å². The molecule has 4 aromatic rings. The van der Waals surface area contributed by atoms with E-state index >= 15 is 0 Å². The van der Waals surface area contributed by atoms with Gasteiger partial charge in [-0.3, -0.25) is 14.2 Å². The van der Waals surface area contributed by atoms with E-state index in [9.17, 15) is 14.0 Å². The number of ether oxygens (including phenoxy) is 2. The van der Waals surface area contributed by atoms with Gasteiger partial charge in [-0.1, -0.05) is 23.7 Å². The highest BCUT2D eigenvalue weighted by molar-refractivity contribution is 7.17. The number of hydrogen-bond acceptors (Lipinski definition) is 6. The number of halogens is 2. The van der Waals surface area contributed by atoms with Crippen LogP contribution in [-0.4, -0.2) is 28.7 Å². The highest BCUT2D eigenvalue weighted by Crippen LogP contribution is 2.38. The summed E-state index contributed by atoms with van der Waals surface area (Å²) in [6, 6.07) is 9.03. The molecule has 1 N–H and O–H groups in total. The molecule has 0 fully saturated rings. The van der Waals surface area contributed by atoms with Gasteiger partial charge in [0, 0.05) is 23.1 Å². The van der Waals surface area contributed by atoms with Gasteiger partial charge in [-0.05, 0) is 17.7 Å². The first-order valence-electron chi connectivity index (χ1n) is 9.61. The maximum atomic E-state index is 13.3. The summed E-state index contributed by atoms with van der Waals surface area (Å²) in [6.07, 6.45) is 1.33. The summed E-state index contributed by atoms with van der Waals surface area (Å²) < 4.78 is 25.5. The Morgan fingerprint density at radius 3 is 2.66 bits per heavy atom. The molecule has 2 aromatic heterocycles. The van der Waals surface area contributed by atoms with Gasteiger partial charge in [0.1, 0.15) is 30.4 Å². The van der Waals surface area contributed by atoms with Crippen LogP contribution in [-0.2, 0) is 11.3 Å². The Labute approximate surface area is 190 Å². The van der Waals surface area contributed by atoms with Gasteiger partial charge in [0.25, 0.3) is 5.56 Å². The first-order valence-corrected chi connectivity index (χ1v) is 10.9. The number of nitrogens with one attached hydrogen (secondary N) is 1. The molecule has 1 aliphatic heterocycles. The normalized spacial score (nSPS) is 12.7. The van der Waals surface area contributed by atoms with E-state index in [1.54, 1.807) is 29.6 Å². The fraction of sp³-hybridized carbons (Fsp3) is 0.136. The standard InChI is InChI=1S/C22H15ClFN3O4S/c23-15-7-17-18(31-6-5-30-17)8-16(15)26-19(28)9-27-11-25-21-20(22(27)29)14(10-32-21)12-1-3-13(24)4-2-12/h1-4,7-8,10-11H,5-6,9H2,(H,26,28). The van der Waals surface area contributed by atoms with E-state index in [-0.39, 0.29) is 17.9 Å². The van der Waals surface area contributed by atoms with Crippen molar-refractivity contribution in [3.8, 4) is 22.6 Å². The predicted octanol–water partition coefficient (Wildman–Crippen LogP) is 4.33. The number of hydrogen-bond donors (Lipinski definition) is 1. The fourth-order valence-corrected chi connectivity index (χ4v) is 4.53. The number of benzene rings is 2. The van der Waals surface area contributed by atoms with E-state index in [1.807, 2.05) is 0 Å². The molecule has 32 heavy (non-hydrogen) atoms. The number of aromatic nitrogens is 2. The molecule has 0 aliphatic carbocycles. The Kier molecular flexibility index (Phi) is 5.28. The van der Waals surface area contributed by atoms with Gasteiger partial charge in [0.15, 0.2) is 11.5 Å². The number of thiophene rings is 1. The zero-order valence-corrected chi connectivity index (χ0v) is 18.0. The van der Waals surface area contributed by atoms with Crippen molar-refractivity contribution in [1.82, 2.24) is 9.55 Å². The number of nitrogens with zero attached hydrogens (tertiary/aromatic N) is 2. The molecule has 2 aromatic carbocycles. The quantitative estimate of drug-likeness (QED) is 0.479. The van der Waals surface area contributed by atoms with E-state index in [0.717, 1.165) is 0 Å². The Morgan fingerprint density at radius 1 is 1.19 bits per heavy atom. The molecule has 1 amide bonds. The topological polar surface area (TPSA) is 82.5 Å². The zero-order chi connectivity index (χ0) is 22.2. The van der Waals surface area contributed by atoms with Gasteiger partial charge in [-0.2, -0.15) is 0 Å². The molecule has 0 saturated heterocycles. The molecule has 0 spiro atoms. The summed E-state index contributed by atoms with van der Waals surface area (Å²) in [5.41, 5.74) is 1.33. The minimum absolute atomic E-state index is 0.259. The van der Waals surface area contributed by atoms with Crippen LogP contribution in [0.1, 0.15) is 0 Å². The van der Waals surface area contributed by atoms with Gasteiger partial charge in [0.2, 0.25) is 5.91 Å². The largest absolute Gasteiger partial charge is 0.486 e. The minimum Gasteiger partial charge on any atom is -0.486 e. The van der Waals surface area contributed by atoms with Gasteiger partial charge < -0.3 is 14.8 Å². The molecule has 0 unspecified atom stereocenters. The lowest BCUT2D eigenvalue weighted by Gasteiger charge is -2.20. The first-order chi connectivity index (χ1) is 15.5. The summed E-state index contributed by atoms with van der Waals surface area (Å²) in [7, 11) is 0. The molecular weight excluding hydrogens is 457 g/mol. The Morgan fingerprint density at radius 2 is 1.91 bits per heavy atom.